The summed E-state index contributed by atoms with van der Waals surface area (Å²) in [5.41, 5.74) is 2.05. The SMILES string of the molecule is COc1cccc(CNc2ccc3ccccc3c2)n1. The topological polar surface area (TPSA) is 34.1 Å². The van der Waals surface area contributed by atoms with E-state index in [9.17, 15) is 0 Å². The quantitative estimate of drug-likeness (QED) is 0.777. The van der Waals surface area contributed by atoms with Crippen molar-refractivity contribution in [3.63, 3.8) is 0 Å². The van der Waals surface area contributed by atoms with Gasteiger partial charge in [0.2, 0.25) is 5.88 Å². The molecule has 0 aliphatic carbocycles. The largest absolute Gasteiger partial charge is 0.481 e. The van der Waals surface area contributed by atoms with Gasteiger partial charge in [0.1, 0.15) is 0 Å². The Morgan fingerprint density at radius 3 is 2.65 bits per heavy atom. The maximum atomic E-state index is 5.13. The van der Waals surface area contributed by atoms with E-state index in [0.717, 1.165) is 11.4 Å². The van der Waals surface area contributed by atoms with Crippen molar-refractivity contribution in [2.75, 3.05) is 12.4 Å². The molecule has 0 spiro atoms. The summed E-state index contributed by atoms with van der Waals surface area (Å²) in [5, 5.41) is 5.87. The van der Waals surface area contributed by atoms with Crippen molar-refractivity contribution in [3.05, 3.63) is 66.4 Å². The van der Waals surface area contributed by atoms with Gasteiger partial charge in [0.15, 0.2) is 0 Å². The van der Waals surface area contributed by atoms with Crippen molar-refractivity contribution in [2.24, 2.45) is 0 Å². The summed E-state index contributed by atoms with van der Waals surface area (Å²) in [5.74, 6) is 0.641. The van der Waals surface area contributed by atoms with E-state index >= 15 is 0 Å². The molecule has 0 saturated carbocycles. The first-order chi connectivity index (χ1) is 9.85. The highest BCUT2D eigenvalue weighted by Crippen LogP contribution is 2.19. The van der Waals surface area contributed by atoms with Gasteiger partial charge in [-0.25, -0.2) is 4.98 Å². The van der Waals surface area contributed by atoms with E-state index in [2.05, 4.69) is 52.8 Å². The van der Waals surface area contributed by atoms with Crippen molar-refractivity contribution < 1.29 is 4.74 Å². The Balaban J connectivity index is 1.76. The molecule has 20 heavy (non-hydrogen) atoms. The molecule has 0 radical (unpaired) electrons. The third kappa shape index (κ3) is 2.72. The fourth-order valence-electron chi connectivity index (χ4n) is 2.16. The first-order valence-corrected chi connectivity index (χ1v) is 6.58. The molecule has 0 bridgehead atoms. The number of anilines is 1. The third-order valence-corrected chi connectivity index (χ3v) is 3.21. The molecule has 2 aromatic carbocycles. The Labute approximate surface area is 118 Å². The minimum atomic E-state index is 0.641. The molecule has 3 nitrogen and oxygen atoms in total. The number of benzene rings is 2. The van der Waals surface area contributed by atoms with Crippen LogP contribution in [0.5, 0.6) is 5.88 Å². The highest BCUT2D eigenvalue weighted by molar-refractivity contribution is 5.85. The molecule has 3 aromatic rings. The number of ether oxygens (including phenoxy) is 1. The summed E-state index contributed by atoms with van der Waals surface area (Å²) in [6.07, 6.45) is 0. The second-order valence-electron chi connectivity index (χ2n) is 4.59. The molecule has 0 amide bonds. The lowest BCUT2D eigenvalue weighted by Crippen LogP contribution is -2.02. The predicted octanol–water partition coefficient (Wildman–Crippen LogP) is 3.86. The van der Waals surface area contributed by atoms with Gasteiger partial charge >= 0.3 is 0 Å². The van der Waals surface area contributed by atoms with E-state index < -0.39 is 0 Å². The Bertz CT molecular complexity index is 725. The number of pyridine rings is 1. The third-order valence-electron chi connectivity index (χ3n) is 3.21. The van der Waals surface area contributed by atoms with Crippen LogP contribution in [-0.4, -0.2) is 12.1 Å². The van der Waals surface area contributed by atoms with E-state index in [1.165, 1.54) is 10.8 Å². The molecule has 1 heterocycles. The van der Waals surface area contributed by atoms with Gasteiger partial charge in [-0.3, -0.25) is 0 Å². The molecule has 3 rings (SSSR count). The van der Waals surface area contributed by atoms with Gasteiger partial charge < -0.3 is 10.1 Å². The Morgan fingerprint density at radius 1 is 0.950 bits per heavy atom. The van der Waals surface area contributed by atoms with E-state index in [1.807, 2.05) is 18.2 Å². The Kier molecular flexibility index (Phi) is 3.50. The second-order valence-corrected chi connectivity index (χ2v) is 4.59. The van der Waals surface area contributed by atoms with Gasteiger partial charge in [0.25, 0.3) is 0 Å². The monoisotopic (exact) mass is 264 g/mol. The van der Waals surface area contributed by atoms with Crippen LogP contribution >= 0.6 is 0 Å². The maximum Gasteiger partial charge on any atom is 0.213 e. The number of nitrogens with one attached hydrogen (secondary N) is 1. The Hall–Kier alpha value is -2.55. The summed E-state index contributed by atoms with van der Waals surface area (Å²) in [4.78, 5) is 4.38. The number of aromatic nitrogens is 1. The van der Waals surface area contributed by atoms with Crippen LogP contribution in [0.1, 0.15) is 5.69 Å². The smallest absolute Gasteiger partial charge is 0.213 e. The summed E-state index contributed by atoms with van der Waals surface area (Å²) < 4.78 is 5.13. The Morgan fingerprint density at radius 2 is 1.80 bits per heavy atom. The first-order valence-electron chi connectivity index (χ1n) is 6.58. The molecule has 0 aliphatic rings. The molecule has 0 atom stereocenters. The summed E-state index contributed by atoms with van der Waals surface area (Å²) in [7, 11) is 1.63. The van der Waals surface area contributed by atoms with Crippen LogP contribution in [0.25, 0.3) is 10.8 Å². The number of hydrogen-bond donors (Lipinski definition) is 1. The normalized spacial score (nSPS) is 10.4. The number of nitrogens with zero attached hydrogens (tertiary/aromatic N) is 1. The zero-order valence-electron chi connectivity index (χ0n) is 11.3. The minimum absolute atomic E-state index is 0.641. The fourth-order valence-corrected chi connectivity index (χ4v) is 2.16. The average Bonchev–Trinajstić information content (AvgIpc) is 2.53. The standard InChI is InChI=1S/C17H16N2O/c1-20-17-8-4-7-16(19-17)12-18-15-10-9-13-5-2-3-6-14(13)11-15/h2-11,18H,12H2,1H3. The minimum Gasteiger partial charge on any atom is -0.481 e. The highest BCUT2D eigenvalue weighted by Gasteiger charge is 1.99. The van der Waals surface area contributed by atoms with Crippen molar-refractivity contribution >= 4 is 16.5 Å². The molecule has 1 aromatic heterocycles. The summed E-state index contributed by atoms with van der Waals surface area (Å²) >= 11 is 0. The molecule has 3 heteroatoms. The van der Waals surface area contributed by atoms with E-state index in [-0.39, 0.29) is 0 Å². The van der Waals surface area contributed by atoms with Gasteiger partial charge in [0.05, 0.1) is 19.3 Å². The van der Waals surface area contributed by atoms with Crippen LogP contribution in [-0.2, 0) is 6.54 Å². The number of rotatable bonds is 4. The van der Waals surface area contributed by atoms with Gasteiger partial charge in [-0.1, -0.05) is 36.4 Å². The van der Waals surface area contributed by atoms with Crippen LogP contribution in [0, 0.1) is 0 Å². The molecule has 0 fully saturated rings. The predicted molar refractivity (Wildman–Crippen MR) is 82.1 cm³/mol. The van der Waals surface area contributed by atoms with E-state index in [0.29, 0.717) is 12.4 Å². The zero-order chi connectivity index (χ0) is 13.8. The van der Waals surface area contributed by atoms with Gasteiger partial charge in [0, 0.05) is 11.8 Å². The molecule has 1 N–H and O–H groups in total. The van der Waals surface area contributed by atoms with E-state index in [1.54, 1.807) is 7.11 Å². The molecule has 100 valence electrons. The van der Waals surface area contributed by atoms with Crippen LogP contribution in [0.4, 0.5) is 5.69 Å². The first kappa shape index (κ1) is 12.5. The lowest BCUT2D eigenvalue weighted by Gasteiger charge is -2.08. The highest BCUT2D eigenvalue weighted by atomic mass is 16.5. The summed E-state index contributed by atoms with van der Waals surface area (Å²) in [6.45, 7) is 0.676. The van der Waals surface area contributed by atoms with Crippen molar-refractivity contribution in [1.29, 1.82) is 0 Å². The fraction of sp³-hybridized carbons (Fsp3) is 0.118. The van der Waals surface area contributed by atoms with Crippen molar-refractivity contribution in [3.8, 4) is 5.88 Å². The van der Waals surface area contributed by atoms with E-state index in [4.69, 9.17) is 4.74 Å². The van der Waals surface area contributed by atoms with Crippen molar-refractivity contribution in [1.82, 2.24) is 4.98 Å². The summed E-state index contributed by atoms with van der Waals surface area (Å²) in [6, 6.07) is 20.5. The lowest BCUT2D eigenvalue weighted by molar-refractivity contribution is 0.396. The average molecular weight is 264 g/mol. The van der Waals surface area contributed by atoms with Gasteiger partial charge in [-0.15, -0.1) is 0 Å². The maximum absolute atomic E-state index is 5.13. The van der Waals surface area contributed by atoms with Gasteiger partial charge in [-0.2, -0.15) is 0 Å². The lowest BCUT2D eigenvalue weighted by atomic mass is 10.1. The molecular weight excluding hydrogens is 248 g/mol. The molecule has 0 aliphatic heterocycles. The second kappa shape index (κ2) is 5.61. The molecule has 0 saturated heterocycles. The van der Waals surface area contributed by atoms with Crippen LogP contribution in [0.3, 0.4) is 0 Å². The molecular formula is C17H16N2O. The number of methoxy groups -OCH3 is 1. The van der Waals surface area contributed by atoms with Crippen molar-refractivity contribution in [2.45, 2.75) is 6.54 Å². The zero-order valence-corrected chi connectivity index (χ0v) is 11.3. The number of hydrogen-bond acceptors (Lipinski definition) is 3. The number of fused-ring (bicyclic) bond motifs is 1. The van der Waals surface area contributed by atoms with Crippen LogP contribution < -0.4 is 10.1 Å². The van der Waals surface area contributed by atoms with Crippen LogP contribution in [0.2, 0.25) is 0 Å². The van der Waals surface area contributed by atoms with Gasteiger partial charge in [-0.05, 0) is 29.0 Å². The van der Waals surface area contributed by atoms with Crippen LogP contribution in [0.15, 0.2) is 60.7 Å². The molecule has 0 unspecified atom stereocenters.